The van der Waals surface area contributed by atoms with Crippen molar-refractivity contribution in [2.45, 2.75) is 39.3 Å². The summed E-state index contributed by atoms with van der Waals surface area (Å²) in [4.78, 5) is 24.1. The fourth-order valence-electron chi connectivity index (χ4n) is 4.02. The van der Waals surface area contributed by atoms with Crippen molar-refractivity contribution >= 4 is 17.5 Å². The van der Waals surface area contributed by atoms with Gasteiger partial charge in [0.05, 0.1) is 24.9 Å². The van der Waals surface area contributed by atoms with Gasteiger partial charge in [0.15, 0.2) is 5.82 Å². The fourth-order valence-corrected chi connectivity index (χ4v) is 4.02. The van der Waals surface area contributed by atoms with E-state index in [1.807, 2.05) is 31.2 Å². The number of amides is 2. The second-order valence-electron chi connectivity index (χ2n) is 7.62. The van der Waals surface area contributed by atoms with Gasteiger partial charge in [-0.25, -0.2) is 14.8 Å². The van der Waals surface area contributed by atoms with Gasteiger partial charge < -0.3 is 25.6 Å². The van der Waals surface area contributed by atoms with E-state index in [2.05, 4.69) is 27.8 Å². The minimum atomic E-state index is -0.207. The van der Waals surface area contributed by atoms with Crippen molar-refractivity contribution in [3.63, 3.8) is 0 Å². The van der Waals surface area contributed by atoms with E-state index < -0.39 is 0 Å². The van der Waals surface area contributed by atoms with E-state index in [0.29, 0.717) is 12.6 Å². The Labute approximate surface area is 177 Å². The number of carbonyl (C=O) groups is 1. The van der Waals surface area contributed by atoms with Gasteiger partial charge in [-0.2, -0.15) is 0 Å². The van der Waals surface area contributed by atoms with Gasteiger partial charge in [-0.3, -0.25) is 0 Å². The zero-order chi connectivity index (χ0) is 20.9. The van der Waals surface area contributed by atoms with Crippen molar-refractivity contribution in [1.82, 2.24) is 20.6 Å². The number of nitrogens with zero attached hydrogens (tertiary/aromatic N) is 3. The van der Waals surface area contributed by atoms with Gasteiger partial charge in [-0.1, -0.05) is 6.92 Å². The number of fused-ring (bicyclic) bond motifs is 1. The van der Waals surface area contributed by atoms with Crippen LogP contribution in [0.5, 0.6) is 0 Å². The molecular weight excluding hydrogens is 380 g/mol. The molecule has 1 aromatic carbocycles. The van der Waals surface area contributed by atoms with Crippen molar-refractivity contribution < 1.29 is 9.53 Å². The Morgan fingerprint density at radius 2 is 2.10 bits per heavy atom. The molecule has 2 aliphatic rings. The van der Waals surface area contributed by atoms with Crippen LogP contribution in [0.15, 0.2) is 24.3 Å². The molecule has 4 rings (SSSR count). The number of ether oxygens (including phenoxy) is 1. The molecule has 8 heteroatoms. The Balaban J connectivity index is 1.66. The second kappa shape index (κ2) is 9.40. The Hall–Kier alpha value is -2.71. The van der Waals surface area contributed by atoms with E-state index in [9.17, 15) is 4.79 Å². The third kappa shape index (κ3) is 4.39. The molecule has 0 unspecified atom stereocenters. The molecule has 3 heterocycles. The normalized spacial score (nSPS) is 18.6. The maximum Gasteiger partial charge on any atom is 0.319 e. The monoisotopic (exact) mass is 410 g/mol. The molecule has 0 saturated carbocycles. The average molecular weight is 411 g/mol. The lowest BCUT2D eigenvalue weighted by Crippen LogP contribution is -2.46. The summed E-state index contributed by atoms with van der Waals surface area (Å²) in [7, 11) is 0. The van der Waals surface area contributed by atoms with E-state index in [1.54, 1.807) is 0 Å². The predicted molar refractivity (Wildman–Crippen MR) is 118 cm³/mol. The number of nitrogens with one attached hydrogen (secondary N) is 3. The molecule has 1 atom stereocenters. The summed E-state index contributed by atoms with van der Waals surface area (Å²) in [6.07, 6.45) is 1.96. The predicted octanol–water partition coefficient (Wildman–Crippen LogP) is 2.55. The molecular formula is C22H30N6O2. The van der Waals surface area contributed by atoms with Crippen molar-refractivity contribution in [3.8, 4) is 11.4 Å². The first kappa shape index (κ1) is 20.6. The van der Waals surface area contributed by atoms with E-state index in [1.165, 1.54) is 5.56 Å². The number of carbonyl (C=O) groups excluding carboxylic acids is 1. The SMILES string of the molecule is CCNC(=O)Nc1ccc(-c2nc3c(c(N4CCOC[C@@H]4CC)n2)CCNC3)cc1. The maximum atomic E-state index is 11.7. The molecule has 0 aliphatic carbocycles. The van der Waals surface area contributed by atoms with Crippen LogP contribution in [-0.4, -0.2) is 54.9 Å². The number of benzene rings is 1. The highest BCUT2D eigenvalue weighted by molar-refractivity contribution is 5.89. The quantitative estimate of drug-likeness (QED) is 0.702. The van der Waals surface area contributed by atoms with Gasteiger partial charge >= 0.3 is 6.03 Å². The van der Waals surface area contributed by atoms with Crippen LogP contribution in [0, 0.1) is 0 Å². The zero-order valence-corrected chi connectivity index (χ0v) is 17.7. The first-order valence-electron chi connectivity index (χ1n) is 10.8. The average Bonchev–Trinajstić information content (AvgIpc) is 2.79. The summed E-state index contributed by atoms with van der Waals surface area (Å²) in [5.41, 5.74) is 4.01. The number of morpholine rings is 1. The molecule has 30 heavy (non-hydrogen) atoms. The van der Waals surface area contributed by atoms with Gasteiger partial charge in [-0.15, -0.1) is 0 Å². The first-order chi connectivity index (χ1) is 14.7. The smallest absolute Gasteiger partial charge is 0.319 e. The molecule has 3 N–H and O–H groups in total. The number of urea groups is 1. The Bertz CT molecular complexity index is 886. The number of hydrogen-bond acceptors (Lipinski definition) is 6. The topological polar surface area (TPSA) is 91.4 Å². The van der Waals surface area contributed by atoms with Gasteiger partial charge in [0.25, 0.3) is 0 Å². The summed E-state index contributed by atoms with van der Waals surface area (Å²) in [5.74, 6) is 1.77. The summed E-state index contributed by atoms with van der Waals surface area (Å²) >= 11 is 0. The Morgan fingerprint density at radius 1 is 1.27 bits per heavy atom. The van der Waals surface area contributed by atoms with Crippen LogP contribution in [0.2, 0.25) is 0 Å². The van der Waals surface area contributed by atoms with Crippen LogP contribution in [0.3, 0.4) is 0 Å². The number of rotatable bonds is 5. The van der Waals surface area contributed by atoms with Crippen LogP contribution in [-0.2, 0) is 17.7 Å². The molecule has 0 bridgehead atoms. The first-order valence-corrected chi connectivity index (χ1v) is 10.8. The van der Waals surface area contributed by atoms with Crippen molar-refractivity contribution in [2.75, 3.05) is 43.1 Å². The summed E-state index contributed by atoms with van der Waals surface area (Å²) in [6, 6.07) is 7.81. The second-order valence-corrected chi connectivity index (χ2v) is 7.62. The van der Waals surface area contributed by atoms with Gasteiger partial charge in [-0.05, 0) is 50.6 Å². The molecule has 1 fully saturated rings. The summed E-state index contributed by atoms with van der Waals surface area (Å²) in [5, 5.41) is 8.99. The number of aromatic nitrogens is 2. The standard InChI is InChI=1S/C22H30N6O2/c1-3-17-14-30-12-11-28(17)21-18-9-10-23-13-19(18)26-20(27-21)15-5-7-16(8-6-15)25-22(29)24-4-2/h5-8,17,23H,3-4,9-14H2,1-2H3,(H2,24,25,29)/t17-/m0/s1. The highest BCUT2D eigenvalue weighted by Gasteiger charge is 2.28. The highest BCUT2D eigenvalue weighted by Crippen LogP contribution is 2.30. The Kier molecular flexibility index (Phi) is 6.44. The van der Waals surface area contributed by atoms with Gasteiger partial charge in [0, 0.05) is 36.4 Å². The molecule has 1 aromatic heterocycles. The third-order valence-corrected chi connectivity index (χ3v) is 5.62. The third-order valence-electron chi connectivity index (χ3n) is 5.62. The molecule has 0 spiro atoms. The van der Waals surface area contributed by atoms with E-state index in [0.717, 1.165) is 74.3 Å². The maximum absolute atomic E-state index is 11.7. The van der Waals surface area contributed by atoms with Gasteiger partial charge in [0.2, 0.25) is 0 Å². The lowest BCUT2D eigenvalue weighted by Gasteiger charge is -2.38. The molecule has 2 amide bonds. The van der Waals surface area contributed by atoms with Crippen LogP contribution in [0.4, 0.5) is 16.3 Å². The summed E-state index contributed by atoms with van der Waals surface area (Å²) in [6.45, 7) is 8.70. The van der Waals surface area contributed by atoms with Crippen LogP contribution >= 0.6 is 0 Å². The number of anilines is 2. The van der Waals surface area contributed by atoms with E-state index in [4.69, 9.17) is 14.7 Å². The van der Waals surface area contributed by atoms with Crippen LogP contribution in [0.1, 0.15) is 31.5 Å². The van der Waals surface area contributed by atoms with E-state index >= 15 is 0 Å². The number of hydrogen-bond donors (Lipinski definition) is 3. The molecule has 160 valence electrons. The van der Waals surface area contributed by atoms with Crippen molar-refractivity contribution in [1.29, 1.82) is 0 Å². The minimum absolute atomic E-state index is 0.207. The molecule has 8 nitrogen and oxygen atoms in total. The molecule has 1 saturated heterocycles. The lowest BCUT2D eigenvalue weighted by atomic mass is 10.0. The highest BCUT2D eigenvalue weighted by atomic mass is 16.5. The molecule has 0 radical (unpaired) electrons. The largest absolute Gasteiger partial charge is 0.377 e. The molecule has 2 aromatic rings. The fraction of sp³-hybridized carbons (Fsp3) is 0.500. The molecule has 2 aliphatic heterocycles. The van der Waals surface area contributed by atoms with Crippen LogP contribution in [0.25, 0.3) is 11.4 Å². The van der Waals surface area contributed by atoms with Crippen molar-refractivity contribution in [2.24, 2.45) is 0 Å². The Morgan fingerprint density at radius 3 is 2.87 bits per heavy atom. The minimum Gasteiger partial charge on any atom is -0.377 e. The van der Waals surface area contributed by atoms with Gasteiger partial charge in [0.1, 0.15) is 5.82 Å². The van der Waals surface area contributed by atoms with E-state index in [-0.39, 0.29) is 6.03 Å². The van der Waals surface area contributed by atoms with Crippen LogP contribution < -0.4 is 20.9 Å². The van der Waals surface area contributed by atoms with Crippen molar-refractivity contribution in [3.05, 3.63) is 35.5 Å². The zero-order valence-electron chi connectivity index (χ0n) is 17.7. The summed E-state index contributed by atoms with van der Waals surface area (Å²) < 4.78 is 5.71. The lowest BCUT2D eigenvalue weighted by molar-refractivity contribution is 0.0924.